The predicted octanol–water partition coefficient (Wildman–Crippen LogP) is 4.64. The fourth-order valence-electron chi connectivity index (χ4n) is 5.52. The van der Waals surface area contributed by atoms with Gasteiger partial charge in [-0.1, -0.05) is 72.3 Å². The topological polar surface area (TPSA) is 67.1 Å². The summed E-state index contributed by atoms with van der Waals surface area (Å²) in [4.78, 5) is 2.44. The number of halogens is 1. The molecule has 0 radical (unpaired) electrons. The van der Waals surface area contributed by atoms with Gasteiger partial charge in [0.05, 0.1) is 25.2 Å². The van der Waals surface area contributed by atoms with Gasteiger partial charge < -0.3 is 5.11 Å². The highest BCUT2D eigenvalue weighted by Crippen LogP contribution is 2.52. The number of aromatic nitrogens is 4. The molecule has 7 heteroatoms. The van der Waals surface area contributed by atoms with E-state index in [1.165, 1.54) is 22.3 Å². The monoisotopic (exact) mass is 457 g/mol. The maximum Gasteiger partial charge on any atom is 0.168 e. The normalized spacial score (nSPS) is 20.2. The van der Waals surface area contributed by atoms with Gasteiger partial charge in [0.1, 0.15) is 0 Å². The van der Waals surface area contributed by atoms with Gasteiger partial charge in [0.2, 0.25) is 0 Å². The van der Waals surface area contributed by atoms with Crippen molar-refractivity contribution in [1.29, 1.82) is 0 Å². The lowest BCUT2D eigenvalue weighted by molar-refractivity contribution is 0.0970. The van der Waals surface area contributed by atoms with E-state index < -0.39 is 0 Å². The summed E-state index contributed by atoms with van der Waals surface area (Å²) in [5, 5.41) is 23.8. The van der Waals surface area contributed by atoms with Crippen molar-refractivity contribution in [3.8, 4) is 11.1 Å². The Hall–Kier alpha value is -3.06. The Labute approximate surface area is 197 Å². The number of hydrogen-bond donors (Lipinski definition) is 1. The second-order valence-corrected chi connectivity index (χ2v) is 9.21. The average Bonchev–Trinajstić information content (AvgIpc) is 3.55. The van der Waals surface area contributed by atoms with Crippen molar-refractivity contribution in [3.05, 3.63) is 100 Å². The molecular weight excluding hydrogens is 434 g/mol. The Morgan fingerprint density at radius 1 is 0.879 bits per heavy atom. The molecule has 0 unspecified atom stereocenters. The van der Waals surface area contributed by atoms with Crippen LogP contribution in [0.25, 0.3) is 11.1 Å². The fraction of sp³-hybridized carbons (Fsp3) is 0.269. The molecule has 33 heavy (non-hydrogen) atoms. The summed E-state index contributed by atoms with van der Waals surface area (Å²) in [5.41, 5.74) is 6.18. The average molecular weight is 458 g/mol. The SMILES string of the molecule is OC[C@@H]1CC[C@H](c2nnnn2Cc2ccc(Cl)cc2)N1C1c2ccccc2-c2ccccc21. The summed E-state index contributed by atoms with van der Waals surface area (Å²) < 4.78 is 1.88. The summed E-state index contributed by atoms with van der Waals surface area (Å²) >= 11 is 6.06. The molecule has 1 aliphatic heterocycles. The molecule has 0 spiro atoms. The van der Waals surface area contributed by atoms with Crippen molar-refractivity contribution < 1.29 is 5.11 Å². The van der Waals surface area contributed by atoms with Crippen LogP contribution >= 0.6 is 11.6 Å². The van der Waals surface area contributed by atoms with Crippen molar-refractivity contribution in [2.24, 2.45) is 0 Å². The second-order valence-electron chi connectivity index (χ2n) is 8.77. The Balaban J connectivity index is 1.41. The van der Waals surface area contributed by atoms with Gasteiger partial charge in [0.15, 0.2) is 5.82 Å². The van der Waals surface area contributed by atoms with Crippen LogP contribution in [0.5, 0.6) is 0 Å². The fourth-order valence-corrected chi connectivity index (χ4v) is 5.64. The molecule has 1 fully saturated rings. The lowest BCUT2D eigenvalue weighted by Crippen LogP contribution is -2.38. The van der Waals surface area contributed by atoms with Crippen molar-refractivity contribution >= 4 is 11.6 Å². The number of nitrogens with zero attached hydrogens (tertiary/aromatic N) is 5. The highest BCUT2D eigenvalue weighted by Gasteiger charge is 2.45. The zero-order valence-electron chi connectivity index (χ0n) is 18.0. The van der Waals surface area contributed by atoms with E-state index in [-0.39, 0.29) is 24.7 Å². The van der Waals surface area contributed by atoms with E-state index in [4.69, 9.17) is 11.6 Å². The molecule has 6 nitrogen and oxygen atoms in total. The number of benzene rings is 3. The largest absolute Gasteiger partial charge is 0.395 e. The Kier molecular flexibility index (Phi) is 5.21. The third-order valence-electron chi connectivity index (χ3n) is 6.97. The number of likely N-dealkylation sites (tertiary alicyclic amines) is 1. The molecule has 1 saturated heterocycles. The van der Waals surface area contributed by atoms with E-state index in [1.54, 1.807) is 0 Å². The highest BCUT2D eigenvalue weighted by molar-refractivity contribution is 6.30. The first kappa shape index (κ1) is 20.5. The number of rotatable bonds is 5. The molecule has 6 rings (SSSR count). The summed E-state index contributed by atoms with van der Waals surface area (Å²) in [6.45, 7) is 0.682. The number of aliphatic hydroxyl groups excluding tert-OH is 1. The molecule has 0 saturated carbocycles. The van der Waals surface area contributed by atoms with E-state index in [0.29, 0.717) is 11.6 Å². The van der Waals surface area contributed by atoms with Crippen LogP contribution in [-0.2, 0) is 6.54 Å². The molecule has 4 aromatic rings. The van der Waals surface area contributed by atoms with Crippen molar-refractivity contribution in [1.82, 2.24) is 25.1 Å². The first-order valence-corrected chi connectivity index (χ1v) is 11.7. The number of fused-ring (bicyclic) bond motifs is 3. The van der Waals surface area contributed by atoms with Gasteiger partial charge in [0, 0.05) is 11.1 Å². The number of hydrogen-bond acceptors (Lipinski definition) is 5. The Bertz CT molecular complexity index is 1240. The van der Waals surface area contributed by atoms with Crippen LogP contribution < -0.4 is 0 Å². The van der Waals surface area contributed by atoms with Crippen LogP contribution in [0.2, 0.25) is 5.02 Å². The van der Waals surface area contributed by atoms with E-state index in [9.17, 15) is 5.11 Å². The van der Waals surface area contributed by atoms with Gasteiger partial charge in [0.25, 0.3) is 0 Å². The first-order chi connectivity index (χ1) is 16.2. The molecule has 2 atom stereocenters. The summed E-state index contributed by atoms with van der Waals surface area (Å²) in [7, 11) is 0. The molecule has 1 N–H and O–H groups in total. The molecule has 2 heterocycles. The maximum atomic E-state index is 10.3. The predicted molar refractivity (Wildman–Crippen MR) is 127 cm³/mol. The number of tetrazole rings is 1. The molecule has 2 aliphatic rings. The zero-order chi connectivity index (χ0) is 22.4. The van der Waals surface area contributed by atoms with Gasteiger partial charge in [-0.15, -0.1) is 5.10 Å². The molecule has 1 aromatic heterocycles. The minimum absolute atomic E-state index is 0.00802. The third-order valence-corrected chi connectivity index (χ3v) is 7.22. The molecule has 166 valence electrons. The Morgan fingerprint density at radius 2 is 1.55 bits per heavy atom. The van der Waals surface area contributed by atoms with Crippen molar-refractivity contribution in [2.45, 2.75) is 37.5 Å². The molecule has 3 aromatic carbocycles. The standard InChI is InChI=1S/C26H24ClN5O/c27-18-11-9-17(10-12-18)15-31-26(28-29-30-31)24-14-13-19(16-33)32(24)25-22-7-3-1-5-20(22)21-6-2-4-8-23(21)25/h1-12,19,24-25,33H,13-16H2/t19-,24+/m0/s1. The quantitative estimate of drug-likeness (QED) is 0.472. The summed E-state index contributed by atoms with van der Waals surface area (Å²) in [6, 6.07) is 25.1. The van der Waals surface area contributed by atoms with Crippen LogP contribution in [0, 0.1) is 0 Å². The van der Waals surface area contributed by atoms with Crippen LogP contribution in [0.1, 0.15) is 47.4 Å². The summed E-state index contributed by atoms with van der Waals surface area (Å²) in [5.74, 6) is 0.836. The minimum atomic E-state index is 0.00802. The third kappa shape index (κ3) is 3.46. The molecule has 0 bridgehead atoms. The zero-order valence-corrected chi connectivity index (χ0v) is 18.8. The van der Waals surface area contributed by atoms with E-state index >= 15 is 0 Å². The highest BCUT2D eigenvalue weighted by atomic mass is 35.5. The minimum Gasteiger partial charge on any atom is -0.395 e. The molecular formula is C26H24ClN5O. The second kappa shape index (κ2) is 8.37. The van der Waals surface area contributed by atoms with Crippen molar-refractivity contribution in [2.75, 3.05) is 6.61 Å². The van der Waals surface area contributed by atoms with Crippen LogP contribution in [0.4, 0.5) is 0 Å². The Morgan fingerprint density at radius 3 is 2.21 bits per heavy atom. The van der Waals surface area contributed by atoms with Gasteiger partial charge in [-0.3, -0.25) is 4.90 Å². The maximum absolute atomic E-state index is 10.3. The molecule has 1 aliphatic carbocycles. The van der Waals surface area contributed by atoms with Gasteiger partial charge in [-0.25, -0.2) is 4.68 Å². The summed E-state index contributed by atoms with van der Waals surface area (Å²) in [6.07, 6.45) is 1.79. The van der Waals surface area contributed by atoms with Gasteiger partial charge in [-0.2, -0.15) is 0 Å². The van der Waals surface area contributed by atoms with Crippen molar-refractivity contribution in [3.63, 3.8) is 0 Å². The van der Waals surface area contributed by atoms with E-state index in [1.807, 2.05) is 28.9 Å². The van der Waals surface area contributed by atoms with Crippen LogP contribution in [0.3, 0.4) is 0 Å². The number of aliphatic hydroxyl groups is 1. The first-order valence-electron chi connectivity index (χ1n) is 11.3. The lowest BCUT2D eigenvalue weighted by atomic mass is 10.0. The van der Waals surface area contributed by atoms with E-state index in [0.717, 1.165) is 24.2 Å². The lowest BCUT2D eigenvalue weighted by Gasteiger charge is -2.35. The van der Waals surface area contributed by atoms with Crippen LogP contribution in [0.15, 0.2) is 72.8 Å². The van der Waals surface area contributed by atoms with Crippen LogP contribution in [-0.4, -0.2) is 42.9 Å². The van der Waals surface area contributed by atoms with Gasteiger partial charge >= 0.3 is 0 Å². The van der Waals surface area contributed by atoms with Gasteiger partial charge in [-0.05, 0) is 63.2 Å². The molecule has 0 amide bonds. The van der Waals surface area contributed by atoms with E-state index in [2.05, 4.69) is 69.0 Å². The smallest absolute Gasteiger partial charge is 0.168 e.